The molecule has 3 heterocycles. The van der Waals surface area contributed by atoms with Crippen LogP contribution in [-0.2, 0) is 11.3 Å². The van der Waals surface area contributed by atoms with Gasteiger partial charge in [-0.2, -0.15) is 5.10 Å². The number of aryl methyl sites for hydroxylation is 1. The quantitative estimate of drug-likeness (QED) is 0.842. The molecule has 0 aliphatic carbocycles. The Balaban J connectivity index is 1.81. The Bertz CT molecular complexity index is 762. The van der Waals surface area contributed by atoms with Crippen molar-refractivity contribution < 1.29 is 4.79 Å². The summed E-state index contributed by atoms with van der Waals surface area (Å²) < 4.78 is 1.98. The lowest BCUT2D eigenvalue weighted by Crippen LogP contribution is -2.44. The van der Waals surface area contributed by atoms with Crippen molar-refractivity contribution in [1.82, 2.24) is 24.6 Å². The van der Waals surface area contributed by atoms with E-state index >= 15 is 0 Å². The van der Waals surface area contributed by atoms with Crippen LogP contribution in [0.15, 0.2) is 24.7 Å². The standard InChI is InChI=1S/C20H29N5O/c1-5-10-25-18(8-9-22-25)17-13-21-12-16(23-17)15-7-6-11-24(14-15)19(26)20(2,3)4/h8-9,12-13,15H,5-7,10-11,14H2,1-4H3. The minimum atomic E-state index is -0.345. The lowest BCUT2D eigenvalue weighted by Gasteiger charge is -2.36. The molecule has 140 valence electrons. The summed E-state index contributed by atoms with van der Waals surface area (Å²) in [5, 5.41) is 4.38. The van der Waals surface area contributed by atoms with E-state index in [1.165, 1.54) is 0 Å². The Labute approximate surface area is 155 Å². The molecule has 0 spiro atoms. The van der Waals surface area contributed by atoms with Crippen molar-refractivity contribution in [3.05, 3.63) is 30.4 Å². The largest absolute Gasteiger partial charge is 0.342 e. The van der Waals surface area contributed by atoms with Crippen LogP contribution in [0.25, 0.3) is 11.4 Å². The van der Waals surface area contributed by atoms with Gasteiger partial charge in [0.05, 0.1) is 17.6 Å². The molecule has 1 aliphatic heterocycles. The Kier molecular flexibility index (Phi) is 5.39. The minimum absolute atomic E-state index is 0.215. The number of aromatic nitrogens is 4. The minimum Gasteiger partial charge on any atom is -0.342 e. The van der Waals surface area contributed by atoms with Gasteiger partial charge in [-0.25, -0.2) is 4.98 Å². The second kappa shape index (κ2) is 7.56. The Morgan fingerprint density at radius 3 is 2.85 bits per heavy atom. The van der Waals surface area contributed by atoms with Gasteiger partial charge in [-0.15, -0.1) is 0 Å². The molecule has 1 unspecified atom stereocenters. The Hall–Kier alpha value is -2.24. The van der Waals surface area contributed by atoms with E-state index in [-0.39, 0.29) is 17.2 Å². The molecule has 1 atom stereocenters. The van der Waals surface area contributed by atoms with Crippen molar-refractivity contribution >= 4 is 5.91 Å². The molecule has 26 heavy (non-hydrogen) atoms. The number of carbonyl (C=O) groups is 1. The lowest BCUT2D eigenvalue weighted by molar-refractivity contribution is -0.140. The molecule has 6 nitrogen and oxygen atoms in total. The average Bonchev–Trinajstić information content (AvgIpc) is 3.09. The third-order valence-corrected chi connectivity index (χ3v) is 4.84. The number of carbonyl (C=O) groups excluding carboxylic acids is 1. The number of piperidine rings is 1. The van der Waals surface area contributed by atoms with Crippen LogP contribution in [-0.4, -0.2) is 43.6 Å². The molecule has 0 radical (unpaired) electrons. The second-order valence-corrected chi connectivity index (χ2v) is 8.11. The van der Waals surface area contributed by atoms with Gasteiger partial charge in [0.2, 0.25) is 5.91 Å². The van der Waals surface area contributed by atoms with Crippen LogP contribution in [0.5, 0.6) is 0 Å². The summed E-state index contributed by atoms with van der Waals surface area (Å²) in [7, 11) is 0. The highest BCUT2D eigenvalue weighted by atomic mass is 16.2. The second-order valence-electron chi connectivity index (χ2n) is 8.11. The normalized spacial score (nSPS) is 18.2. The number of amides is 1. The molecular weight excluding hydrogens is 326 g/mol. The number of rotatable bonds is 4. The highest BCUT2D eigenvalue weighted by Gasteiger charge is 2.32. The van der Waals surface area contributed by atoms with E-state index in [9.17, 15) is 4.79 Å². The molecule has 0 saturated carbocycles. The first-order valence-electron chi connectivity index (χ1n) is 9.53. The molecule has 0 aromatic carbocycles. The van der Waals surface area contributed by atoms with E-state index in [0.717, 1.165) is 56.0 Å². The number of likely N-dealkylation sites (tertiary alicyclic amines) is 1. The van der Waals surface area contributed by atoms with E-state index in [0.29, 0.717) is 0 Å². The summed E-state index contributed by atoms with van der Waals surface area (Å²) in [5.41, 5.74) is 2.48. The van der Waals surface area contributed by atoms with E-state index < -0.39 is 0 Å². The van der Waals surface area contributed by atoms with Crippen LogP contribution in [0, 0.1) is 5.41 Å². The molecule has 1 amide bonds. The van der Waals surface area contributed by atoms with Gasteiger partial charge in [0.25, 0.3) is 0 Å². The van der Waals surface area contributed by atoms with Crippen molar-refractivity contribution in [1.29, 1.82) is 0 Å². The van der Waals surface area contributed by atoms with Gasteiger partial charge in [0.1, 0.15) is 5.69 Å². The fraction of sp³-hybridized carbons (Fsp3) is 0.600. The number of nitrogens with zero attached hydrogens (tertiary/aromatic N) is 5. The van der Waals surface area contributed by atoms with E-state index in [2.05, 4.69) is 17.0 Å². The molecule has 2 aromatic heterocycles. The lowest BCUT2D eigenvalue weighted by atomic mass is 9.90. The Morgan fingerprint density at radius 2 is 2.12 bits per heavy atom. The average molecular weight is 355 g/mol. The summed E-state index contributed by atoms with van der Waals surface area (Å²) >= 11 is 0. The van der Waals surface area contributed by atoms with Crippen LogP contribution < -0.4 is 0 Å². The zero-order valence-electron chi connectivity index (χ0n) is 16.3. The van der Waals surface area contributed by atoms with Crippen molar-refractivity contribution in [2.75, 3.05) is 13.1 Å². The Morgan fingerprint density at radius 1 is 1.31 bits per heavy atom. The summed E-state index contributed by atoms with van der Waals surface area (Å²) in [4.78, 5) is 23.9. The van der Waals surface area contributed by atoms with Crippen LogP contribution in [0.4, 0.5) is 0 Å². The van der Waals surface area contributed by atoms with E-state index in [1.54, 1.807) is 6.20 Å². The predicted octanol–water partition coefficient (Wildman–Crippen LogP) is 3.50. The monoisotopic (exact) mass is 355 g/mol. The number of hydrogen-bond acceptors (Lipinski definition) is 4. The summed E-state index contributed by atoms with van der Waals surface area (Å²) in [6.07, 6.45) is 8.53. The van der Waals surface area contributed by atoms with Crippen molar-refractivity contribution in [3.63, 3.8) is 0 Å². The van der Waals surface area contributed by atoms with Crippen LogP contribution in [0.3, 0.4) is 0 Å². The van der Waals surface area contributed by atoms with Crippen molar-refractivity contribution in [2.24, 2.45) is 5.41 Å². The van der Waals surface area contributed by atoms with Crippen LogP contribution >= 0.6 is 0 Å². The zero-order valence-corrected chi connectivity index (χ0v) is 16.3. The van der Waals surface area contributed by atoms with E-state index in [1.807, 2.05) is 48.8 Å². The molecule has 6 heteroatoms. The van der Waals surface area contributed by atoms with Crippen LogP contribution in [0.2, 0.25) is 0 Å². The predicted molar refractivity (Wildman–Crippen MR) is 102 cm³/mol. The van der Waals surface area contributed by atoms with Gasteiger partial charge in [-0.05, 0) is 25.3 Å². The SMILES string of the molecule is CCCn1nccc1-c1cncc(C2CCCN(C(=O)C(C)(C)C)C2)n1. The summed E-state index contributed by atoms with van der Waals surface area (Å²) in [6, 6.07) is 1.99. The van der Waals surface area contributed by atoms with Gasteiger partial charge < -0.3 is 4.90 Å². The third kappa shape index (κ3) is 3.94. The highest BCUT2D eigenvalue weighted by Crippen LogP contribution is 2.29. The number of hydrogen-bond donors (Lipinski definition) is 0. The van der Waals surface area contributed by atoms with Gasteiger partial charge in [0.15, 0.2) is 0 Å². The fourth-order valence-electron chi connectivity index (χ4n) is 3.52. The van der Waals surface area contributed by atoms with Crippen molar-refractivity contribution in [3.8, 4) is 11.4 Å². The van der Waals surface area contributed by atoms with Crippen LogP contribution in [0.1, 0.15) is 58.6 Å². The molecule has 0 N–H and O–H groups in total. The maximum absolute atomic E-state index is 12.6. The first-order chi connectivity index (χ1) is 12.4. The van der Waals surface area contributed by atoms with Gasteiger partial charge in [0, 0.05) is 43.4 Å². The highest BCUT2D eigenvalue weighted by molar-refractivity contribution is 5.81. The molecule has 2 aromatic rings. The fourth-order valence-corrected chi connectivity index (χ4v) is 3.52. The molecular formula is C20H29N5O. The smallest absolute Gasteiger partial charge is 0.227 e. The third-order valence-electron chi connectivity index (χ3n) is 4.84. The zero-order chi connectivity index (χ0) is 18.7. The molecule has 0 bridgehead atoms. The maximum Gasteiger partial charge on any atom is 0.227 e. The first kappa shape index (κ1) is 18.5. The maximum atomic E-state index is 12.6. The molecule has 3 rings (SSSR count). The summed E-state index contributed by atoms with van der Waals surface area (Å²) in [6.45, 7) is 10.5. The van der Waals surface area contributed by atoms with Crippen molar-refractivity contribution in [2.45, 2.75) is 59.4 Å². The topological polar surface area (TPSA) is 63.9 Å². The molecule has 1 saturated heterocycles. The van der Waals surface area contributed by atoms with Gasteiger partial charge in [-0.3, -0.25) is 14.5 Å². The molecule has 1 aliphatic rings. The van der Waals surface area contributed by atoms with Gasteiger partial charge >= 0.3 is 0 Å². The molecule has 1 fully saturated rings. The first-order valence-corrected chi connectivity index (χ1v) is 9.53. The summed E-state index contributed by atoms with van der Waals surface area (Å²) in [5.74, 6) is 0.456. The van der Waals surface area contributed by atoms with E-state index in [4.69, 9.17) is 4.98 Å². The van der Waals surface area contributed by atoms with Gasteiger partial charge in [-0.1, -0.05) is 27.7 Å².